The average Bonchev–Trinajstić information content (AvgIpc) is 2.32. The summed E-state index contributed by atoms with van der Waals surface area (Å²) in [5, 5.41) is 0. The molecule has 0 amide bonds. The number of nitrogens with zero attached hydrogens (tertiary/aromatic N) is 2. The summed E-state index contributed by atoms with van der Waals surface area (Å²) in [6.45, 7) is 4.36. The Morgan fingerprint density at radius 3 is 2.67 bits per heavy atom. The fraction of sp³-hybridized carbons (Fsp3) is 0.286. The molecule has 2 aromatic rings. The molecule has 0 fully saturated rings. The van der Waals surface area contributed by atoms with Crippen molar-refractivity contribution < 1.29 is 4.39 Å². The molecule has 1 heterocycles. The van der Waals surface area contributed by atoms with Crippen molar-refractivity contribution in [1.29, 1.82) is 0 Å². The van der Waals surface area contributed by atoms with Crippen LogP contribution < -0.4 is 5.73 Å². The first kappa shape index (κ1) is 12.6. The van der Waals surface area contributed by atoms with Crippen LogP contribution in [0.25, 0.3) is 11.4 Å². The van der Waals surface area contributed by atoms with E-state index in [2.05, 4.69) is 9.97 Å². The van der Waals surface area contributed by atoms with Gasteiger partial charge in [-0.1, -0.05) is 6.07 Å². The molecule has 18 heavy (non-hydrogen) atoms. The molecule has 0 spiro atoms. The van der Waals surface area contributed by atoms with Crippen LogP contribution in [0.3, 0.4) is 0 Å². The zero-order chi connectivity index (χ0) is 13.1. The third-order valence-corrected chi connectivity index (χ3v) is 2.75. The van der Waals surface area contributed by atoms with E-state index in [1.165, 1.54) is 12.1 Å². The highest BCUT2D eigenvalue weighted by atomic mass is 19.1. The number of aryl methyl sites for hydroxylation is 2. The van der Waals surface area contributed by atoms with Gasteiger partial charge in [-0.15, -0.1) is 0 Å². The zero-order valence-corrected chi connectivity index (χ0v) is 10.6. The van der Waals surface area contributed by atoms with Crippen molar-refractivity contribution in [3.8, 4) is 11.4 Å². The van der Waals surface area contributed by atoms with Crippen molar-refractivity contribution in [2.24, 2.45) is 5.73 Å². The number of aromatic nitrogens is 2. The van der Waals surface area contributed by atoms with Crippen molar-refractivity contribution >= 4 is 0 Å². The minimum atomic E-state index is -0.277. The van der Waals surface area contributed by atoms with Crippen molar-refractivity contribution in [2.75, 3.05) is 6.54 Å². The van der Waals surface area contributed by atoms with E-state index >= 15 is 0 Å². The van der Waals surface area contributed by atoms with Gasteiger partial charge >= 0.3 is 0 Å². The molecule has 0 aliphatic heterocycles. The van der Waals surface area contributed by atoms with E-state index in [0.29, 0.717) is 18.8 Å². The van der Waals surface area contributed by atoms with E-state index in [0.717, 1.165) is 22.5 Å². The second-order valence-corrected chi connectivity index (χ2v) is 4.32. The molecule has 1 aromatic heterocycles. The van der Waals surface area contributed by atoms with E-state index in [4.69, 9.17) is 5.73 Å². The smallest absolute Gasteiger partial charge is 0.159 e. The number of halogens is 1. The summed E-state index contributed by atoms with van der Waals surface area (Å²) in [5.41, 5.74) is 8.99. The lowest BCUT2D eigenvalue weighted by molar-refractivity contribution is 0.627. The molecule has 0 saturated carbocycles. The summed E-state index contributed by atoms with van der Waals surface area (Å²) in [4.78, 5) is 8.81. The fourth-order valence-electron chi connectivity index (χ4n) is 1.87. The van der Waals surface area contributed by atoms with Gasteiger partial charge in [0.1, 0.15) is 5.82 Å². The highest BCUT2D eigenvalue weighted by Crippen LogP contribution is 2.21. The van der Waals surface area contributed by atoms with E-state index in [9.17, 15) is 4.39 Å². The highest BCUT2D eigenvalue weighted by Gasteiger charge is 2.08. The van der Waals surface area contributed by atoms with Gasteiger partial charge in [0.2, 0.25) is 0 Å². The number of hydrogen-bond acceptors (Lipinski definition) is 3. The number of nitrogens with two attached hydrogens (primary N) is 1. The Morgan fingerprint density at radius 2 is 1.94 bits per heavy atom. The van der Waals surface area contributed by atoms with Gasteiger partial charge in [0.25, 0.3) is 0 Å². The molecule has 0 radical (unpaired) electrons. The molecule has 0 atom stereocenters. The summed E-state index contributed by atoms with van der Waals surface area (Å²) in [5.74, 6) is 0.288. The molecule has 0 aliphatic carbocycles. The minimum absolute atomic E-state index is 0.277. The minimum Gasteiger partial charge on any atom is -0.330 e. The maximum Gasteiger partial charge on any atom is 0.159 e. The van der Waals surface area contributed by atoms with Crippen molar-refractivity contribution in [3.63, 3.8) is 0 Å². The molecule has 0 aliphatic rings. The first-order valence-corrected chi connectivity index (χ1v) is 5.91. The Bertz CT molecular complexity index is 567. The molecule has 0 saturated heterocycles. The van der Waals surface area contributed by atoms with Crippen molar-refractivity contribution in [2.45, 2.75) is 20.3 Å². The van der Waals surface area contributed by atoms with Crippen LogP contribution in [-0.2, 0) is 6.42 Å². The van der Waals surface area contributed by atoms with E-state index < -0.39 is 0 Å². The molecule has 1 aromatic carbocycles. The zero-order valence-electron chi connectivity index (χ0n) is 10.6. The van der Waals surface area contributed by atoms with Crippen LogP contribution in [-0.4, -0.2) is 16.5 Å². The number of hydrogen-bond donors (Lipinski definition) is 1. The molecule has 94 valence electrons. The molecular formula is C14H16FN3. The second-order valence-electron chi connectivity index (χ2n) is 4.32. The summed E-state index contributed by atoms with van der Waals surface area (Å²) in [6.07, 6.45) is 0.699. The third kappa shape index (κ3) is 2.71. The molecule has 4 heteroatoms. The maximum atomic E-state index is 13.3. The number of rotatable bonds is 3. The largest absolute Gasteiger partial charge is 0.330 e. The summed E-state index contributed by atoms with van der Waals surface area (Å²) in [7, 11) is 0. The monoisotopic (exact) mass is 245 g/mol. The Kier molecular flexibility index (Phi) is 3.67. The van der Waals surface area contributed by atoms with Gasteiger partial charge in [0.15, 0.2) is 5.82 Å². The Morgan fingerprint density at radius 1 is 1.17 bits per heavy atom. The van der Waals surface area contributed by atoms with Gasteiger partial charge in [-0.05, 0) is 44.2 Å². The Hall–Kier alpha value is -1.81. The van der Waals surface area contributed by atoms with Crippen LogP contribution in [0.2, 0.25) is 0 Å². The predicted octanol–water partition coefficient (Wildman–Crippen LogP) is 2.40. The second kappa shape index (κ2) is 5.23. The standard InChI is InChI=1S/C14H16FN3/c1-9-3-4-11(15)8-13(9)14-17-10(2)7-12(18-14)5-6-16/h3-4,7-8H,5-6,16H2,1-2H3. The Balaban J connectivity index is 2.52. The third-order valence-electron chi connectivity index (χ3n) is 2.75. The average molecular weight is 245 g/mol. The van der Waals surface area contributed by atoms with E-state index in [1.54, 1.807) is 6.07 Å². The lowest BCUT2D eigenvalue weighted by Crippen LogP contribution is -2.06. The van der Waals surface area contributed by atoms with Gasteiger partial charge in [-0.2, -0.15) is 0 Å². The fourth-order valence-corrected chi connectivity index (χ4v) is 1.87. The molecule has 3 nitrogen and oxygen atoms in total. The van der Waals surface area contributed by atoms with Crippen LogP contribution >= 0.6 is 0 Å². The van der Waals surface area contributed by atoms with Crippen LogP contribution in [0.15, 0.2) is 24.3 Å². The molecule has 2 N–H and O–H groups in total. The van der Waals surface area contributed by atoms with Gasteiger partial charge < -0.3 is 5.73 Å². The first-order chi connectivity index (χ1) is 8.60. The summed E-state index contributed by atoms with van der Waals surface area (Å²) in [6, 6.07) is 6.55. The number of benzene rings is 1. The highest BCUT2D eigenvalue weighted by molar-refractivity contribution is 5.60. The molecule has 0 unspecified atom stereocenters. The van der Waals surface area contributed by atoms with Gasteiger partial charge in [-0.3, -0.25) is 0 Å². The van der Waals surface area contributed by atoms with Crippen LogP contribution in [0.4, 0.5) is 4.39 Å². The normalized spacial score (nSPS) is 10.7. The molecule has 0 bridgehead atoms. The maximum absolute atomic E-state index is 13.3. The Labute approximate surface area is 106 Å². The molecule has 2 rings (SSSR count). The topological polar surface area (TPSA) is 51.8 Å². The summed E-state index contributed by atoms with van der Waals surface area (Å²) >= 11 is 0. The van der Waals surface area contributed by atoms with Crippen LogP contribution in [0, 0.1) is 19.7 Å². The van der Waals surface area contributed by atoms with Crippen molar-refractivity contribution in [3.05, 3.63) is 47.0 Å². The van der Waals surface area contributed by atoms with Crippen LogP contribution in [0.1, 0.15) is 17.0 Å². The quantitative estimate of drug-likeness (QED) is 0.903. The van der Waals surface area contributed by atoms with E-state index in [1.807, 2.05) is 19.9 Å². The first-order valence-electron chi connectivity index (χ1n) is 5.91. The van der Waals surface area contributed by atoms with Crippen LogP contribution in [0.5, 0.6) is 0 Å². The van der Waals surface area contributed by atoms with Crippen molar-refractivity contribution in [1.82, 2.24) is 9.97 Å². The lowest BCUT2D eigenvalue weighted by Gasteiger charge is -2.08. The van der Waals surface area contributed by atoms with E-state index in [-0.39, 0.29) is 5.82 Å². The predicted molar refractivity (Wildman–Crippen MR) is 69.7 cm³/mol. The van der Waals surface area contributed by atoms with Gasteiger partial charge in [0.05, 0.1) is 0 Å². The molecular weight excluding hydrogens is 229 g/mol. The SMILES string of the molecule is Cc1cc(CCN)nc(-c2cc(F)ccc2C)n1. The van der Waals surface area contributed by atoms with Gasteiger partial charge in [0, 0.05) is 23.4 Å². The van der Waals surface area contributed by atoms with Gasteiger partial charge in [-0.25, -0.2) is 14.4 Å². The lowest BCUT2D eigenvalue weighted by atomic mass is 10.1. The summed E-state index contributed by atoms with van der Waals surface area (Å²) < 4.78 is 13.3.